The summed E-state index contributed by atoms with van der Waals surface area (Å²) in [6.45, 7) is 1.76. The molecule has 3 N–H and O–H groups in total. The van der Waals surface area contributed by atoms with Crippen LogP contribution in [0, 0.1) is 18.8 Å². The summed E-state index contributed by atoms with van der Waals surface area (Å²) in [6, 6.07) is 4.84. The maximum atomic E-state index is 12.2. The van der Waals surface area contributed by atoms with Crippen LogP contribution in [-0.4, -0.2) is 22.1 Å². The number of allylic oxidation sites excluding steroid dienone is 2. The minimum atomic E-state index is -0.957. The van der Waals surface area contributed by atoms with Gasteiger partial charge in [0.25, 0.3) is 0 Å². The number of phenols is 1. The molecule has 2 atom stereocenters. The third-order valence-corrected chi connectivity index (χ3v) is 3.56. The predicted molar refractivity (Wildman–Crippen MR) is 74.5 cm³/mol. The van der Waals surface area contributed by atoms with Gasteiger partial charge in [0.15, 0.2) is 0 Å². The second kappa shape index (κ2) is 5.77. The summed E-state index contributed by atoms with van der Waals surface area (Å²) in [6.07, 6.45) is 4.41. The van der Waals surface area contributed by atoms with Gasteiger partial charge in [0.2, 0.25) is 5.91 Å². The summed E-state index contributed by atoms with van der Waals surface area (Å²) in [4.78, 5) is 23.4. The standard InChI is InChI=1S/C15H17NO4/c1-9-6-7-10(8-13(9)17)16-14(18)11-4-2-3-5-12(11)15(19)20/h2-3,6-8,11-12,17H,4-5H2,1H3,(H,16,18)(H,19,20). The molecule has 0 fully saturated rings. The van der Waals surface area contributed by atoms with Crippen molar-refractivity contribution in [3.63, 3.8) is 0 Å². The molecule has 0 spiro atoms. The normalized spacial score (nSPS) is 21.4. The largest absolute Gasteiger partial charge is 0.508 e. The molecule has 0 saturated carbocycles. The van der Waals surface area contributed by atoms with Gasteiger partial charge in [-0.1, -0.05) is 18.2 Å². The topological polar surface area (TPSA) is 86.6 Å². The van der Waals surface area contributed by atoms with Gasteiger partial charge in [-0.3, -0.25) is 9.59 Å². The molecule has 0 aromatic heterocycles. The van der Waals surface area contributed by atoms with Crippen molar-refractivity contribution >= 4 is 17.6 Å². The molecule has 20 heavy (non-hydrogen) atoms. The molecule has 1 aromatic carbocycles. The summed E-state index contributed by atoms with van der Waals surface area (Å²) >= 11 is 0. The van der Waals surface area contributed by atoms with Crippen molar-refractivity contribution in [2.24, 2.45) is 11.8 Å². The van der Waals surface area contributed by atoms with Gasteiger partial charge in [0, 0.05) is 11.8 Å². The van der Waals surface area contributed by atoms with E-state index in [0.717, 1.165) is 0 Å². The molecule has 5 nitrogen and oxygen atoms in total. The number of nitrogens with one attached hydrogen (secondary N) is 1. The Morgan fingerprint density at radius 1 is 1.20 bits per heavy atom. The highest BCUT2D eigenvalue weighted by Gasteiger charge is 2.33. The van der Waals surface area contributed by atoms with Gasteiger partial charge in [0.1, 0.15) is 5.75 Å². The summed E-state index contributed by atoms with van der Waals surface area (Å²) in [5.74, 6) is -2.47. The molecule has 2 rings (SSSR count). The Bertz CT molecular complexity index is 565. The molecular formula is C15H17NO4. The Morgan fingerprint density at radius 2 is 1.85 bits per heavy atom. The lowest BCUT2D eigenvalue weighted by molar-refractivity contribution is -0.146. The molecule has 0 saturated heterocycles. The minimum Gasteiger partial charge on any atom is -0.508 e. The van der Waals surface area contributed by atoms with Crippen molar-refractivity contribution in [3.8, 4) is 5.75 Å². The summed E-state index contributed by atoms with van der Waals surface area (Å²) < 4.78 is 0. The SMILES string of the molecule is Cc1ccc(NC(=O)C2CC=CCC2C(=O)O)cc1O. The first-order valence-electron chi connectivity index (χ1n) is 6.47. The first kappa shape index (κ1) is 14.1. The summed E-state index contributed by atoms with van der Waals surface area (Å²) in [5, 5.41) is 21.4. The highest BCUT2D eigenvalue weighted by molar-refractivity contribution is 5.95. The van der Waals surface area contributed by atoms with Gasteiger partial charge >= 0.3 is 5.97 Å². The van der Waals surface area contributed by atoms with Crippen LogP contribution in [-0.2, 0) is 9.59 Å². The third kappa shape index (κ3) is 2.99. The van der Waals surface area contributed by atoms with Crippen LogP contribution in [0.15, 0.2) is 30.4 Å². The maximum Gasteiger partial charge on any atom is 0.307 e. The summed E-state index contributed by atoms with van der Waals surface area (Å²) in [7, 11) is 0. The Hall–Kier alpha value is -2.30. The molecule has 0 heterocycles. The quantitative estimate of drug-likeness (QED) is 0.739. The lowest BCUT2D eigenvalue weighted by Crippen LogP contribution is -2.34. The average Bonchev–Trinajstić information content (AvgIpc) is 2.43. The maximum absolute atomic E-state index is 12.2. The van der Waals surface area contributed by atoms with E-state index in [4.69, 9.17) is 5.11 Å². The monoisotopic (exact) mass is 275 g/mol. The highest BCUT2D eigenvalue weighted by atomic mass is 16.4. The van der Waals surface area contributed by atoms with E-state index < -0.39 is 17.8 Å². The molecular weight excluding hydrogens is 258 g/mol. The van der Waals surface area contributed by atoms with Crippen LogP contribution in [0.3, 0.4) is 0 Å². The van der Waals surface area contributed by atoms with Gasteiger partial charge in [-0.2, -0.15) is 0 Å². The second-order valence-electron chi connectivity index (χ2n) is 4.98. The number of rotatable bonds is 3. The number of benzene rings is 1. The van der Waals surface area contributed by atoms with Crippen LogP contribution in [0.5, 0.6) is 5.75 Å². The number of carboxylic acids is 1. The number of aromatic hydroxyl groups is 1. The van der Waals surface area contributed by atoms with E-state index in [9.17, 15) is 14.7 Å². The molecule has 0 radical (unpaired) electrons. The van der Waals surface area contributed by atoms with Crippen molar-refractivity contribution in [3.05, 3.63) is 35.9 Å². The number of hydrogen-bond donors (Lipinski definition) is 3. The zero-order valence-electron chi connectivity index (χ0n) is 11.2. The van der Waals surface area contributed by atoms with Crippen molar-refractivity contribution in [2.45, 2.75) is 19.8 Å². The molecule has 1 aromatic rings. The average molecular weight is 275 g/mol. The number of anilines is 1. The number of aryl methyl sites for hydroxylation is 1. The van der Waals surface area contributed by atoms with Crippen molar-refractivity contribution in [1.82, 2.24) is 0 Å². The van der Waals surface area contributed by atoms with Crippen LogP contribution < -0.4 is 5.32 Å². The number of phenolic OH excluding ortho intramolecular Hbond substituents is 1. The smallest absolute Gasteiger partial charge is 0.307 e. The minimum absolute atomic E-state index is 0.0983. The van der Waals surface area contributed by atoms with Crippen LogP contribution in [0.2, 0.25) is 0 Å². The van der Waals surface area contributed by atoms with E-state index >= 15 is 0 Å². The number of hydrogen-bond acceptors (Lipinski definition) is 3. The molecule has 1 aliphatic carbocycles. The zero-order valence-corrected chi connectivity index (χ0v) is 11.2. The number of carbonyl (C=O) groups is 2. The number of carbonyl (C=O) groups excluding carboxylic acids is 1. The molecule has 1 amide bonds. The molecule has 5 heteroatoms. The number of carboxylic acid groups (broad SMARTS) is 1. The first-order valence-corrected chi connectivity index (χ1v) is 6.47. The van der Waals surface area contributed by atoms with E-state index in [1.54, 1.807) is 25.1 Å². The fourth-order valence-electron chi connectivity index (χ4n) is 2.30. The highest BCUT2D eigenvalue weighted by Crippen LogP contribution is 2.28. The van der Waals surface area contributed by atoms with Gasteiger partial charge < -0.3 is 15.5 Å². The zero-order chi connectivity index (χ0) is 14.7. The lowest BCUT2D eigenvalue weighted by Gasteiger charge is -2.24. The Balaban J connectivity index is 2.12. The Kier molecular flexibility index (Phi) is 4.08. The van der Waals surface area contributed by atoms with E-state index in [2.05, 4.69) is 5.32 Å². The molecule has 1 aliphatic rings. The Labute approximate surface area is 116 Å². The number of aliphatic carboxylic acids is 1. The van der Waals surface area contributed by atoms with Crippen LogP contribution in [0.4, 0.5) is 5.69 Å². The third-order valence-electron chi connectivity index (χ3n) is 3.56. The second-order valence-corrected chi connectivity index (χ2v) is 4.98. The lowest BCUT2D eigenvalue weighted by atomic mass is 9.82. The van der Waals surface area contributed by atoms with E-state index in [-0.39, 0.29) is 11.7 Å². The molecule has 0 bridgehead atoms. The van der Waals surface area contributed by atoms with Gasteiger partial charge in [-0.05, 0) is 31.4 Å². The van der Waals surface area contributed by atoms with Gasteiger partial charge in [-0.15, -0.1) is 0 Å². The Morgan fingerprint density at radius 3 is 2.45 bits per heavy atom. The van der Waals surface area contributed by atoms with Gasteiger partial charge in [-0.25, -0.2) is 0 Å². The van der Waals surface area contributed by atoms with Crippen molar-refractivity contribution in [2.75, 3.05) is 5.32 Å². The van der Waals surface area contributed by atoms with Gasteiger partial charge in [0.05, 0.1) is 11.8 Å². The molecule has 0 aliphatic heterocycles. The number of amides is 1. The molecule has 2 unspecified atom stereocenters. The summed E-state index contributed by atoms with van der Waals surface area (Å²) in [5.41, 5.74) is 1.18. The van der Waals surface area contributed by atoms with Crippen LogP contribution in [0.1, 0.15) is 18.4 Å². The van der Waals surface area contributed by atoms with E-state index in [1.165, 1.54) is 6.07 Å². The molecule has 106 valence electrons. The van der Waals surface area contributed by atoms with Crippen LogP contribution in [0.25, 0.3) is 0 Å². The van der Waals surface area contributed by atoms with Crippen molar-refractivity contribution in [1.29, 1.82) is 0 Å². The fraction of sp³-hybridized carbons (Fsp3) is 0.333. The first-order chi connectivity index (χ1) is 9.49. The van der Waals surface area contributed by atoms with Crippen LogP contribution >= 0.6 is 0 Å². The van der Waals surface area contributed by atoms with E-state index in [0.29, 0.717) is 24.1 Å². The van der Waals surface area contributed by atoms with Crippen molar-refractivity contribution < 1.29 is 19.8 Å². The predicted octanol–water partition coefficient (Wildman–Crippen LogP) is 2.31. The fourth-order valence-corrected chi connectivity index (χ4v) is 2.30. The van der Waals surface area contributed by atoms with E-state index in [1.807, 2.05) is 6.08 Å².